The van der Waals surface area contributed by atoms with Gasteiger partial charge in [-0.25, -0.2) is 4.39 Å². The van der Waals surface area contributed by atoms with E-state index < -0.39 is 6.67 Å². The molecule has 0 heterocycles. The van der Waals surface area contributed by atoms with E-state index in [0.717, 1.165) is 44.9 Å². The molecule has 150 valence electrons. The Morgan fingerprint density at radius 2 is 2.07 bits per heavy atom. The van der Waals surface area contributed by atoms with E-state index in [2.05, 4.69) is 13.0 Å². The van der Waals surface area contributed by atoms with Gasteiger partial charge in [-0.2, -0.15) is 0 Å². The summed E-state index contributed by atoms with van der Waals surface area (Å²) in [6.45, 7) is 2.70. The fourth-order valence-electron chi connectivity index (χ4n) is 6.73. The third-order valence-electron chi connectivity index (χ3n) is 7.87. The van der Waals surface area contributed by atoms with Gasteiger partial charge in [-0.3, -0.25) is 0 Å². The molecule has 0 aliphatic heterocycles. The van der Waals surface area contributed by atoms with Crippen LogP contribution in [0.3, 0.4) is 0 Å². The third kappa shape index (κ3) is 3.40. The number of phenolic OH excluding ortho intramolecular Hbond substituents is 1. The van der Waals surface area contributed by atoms with Gasteiger partial charge in [0, 0.05) is 6.61 Å². The molecule has 4 heteroatoms. The number of aliphatic hydroxyl groups excluding tert-OH is 1. The number of benzene rings is 1. The summed E-state index contributed by atoms with van der Waals surface area (Å²) in [5.74, 6) is 2.61. The van der Waals surface area contributed by atoms with Crippen LogP contribution < -0.4 is 0 Å². The molecule has 4 rings (SSSR count). The van der Waals surface area contributed by atoms with E-state index in [9.17, 15) is 14.6 Å². The van der Waals surface area contributed by atoms with Gasteiger partial charge >= 0.3 is 0 Å². The Morgan fingerprint density at radius 3 is 2.89 bits per heavy atom. The van der Waals surface area contributed by atoms with Gasteiger partial charge in [-0.1, -0.05) is 13.0 Å². The van der Waals surface area contributed by atoms with E-state index in [1.54, 1.807) is 0 Å². The van der Waals surface area contributed by atoms with Crippen LogP contribution in [0.4, 0.5) is 4.39 Å². The van der Waals surface area contributed by atoms with Crippen molar-refractivity contribution < 1.29 is 19.3 Å². The number of hydrogen-bond donors (Lipinski definition) is 2. The molecule has 3 nitrogen and oxygen atoms in total. The van der Waals surface area contributed by atoms with Gasteiger partial charge in [0.15, 0.2) is 0 Å². The zero-order chi connectivity index (χ0) is 19.0. The predicted octanol–water partition coefficient (Wildman–Crippen LogP) is 4.60. The Labute approximate surface area is 161 Å². The minimum Gasteiger partial charge on any atom is -0.508 e. The number of hydrogen-bond acceptors (Lipinski definition) is 3. The first-order valence-electron chi connectivity index (χ1n) is 10.7. The monoisotopic (exact) mass is 376 g/mol. The Kier molecular flexibility index (Phi) is 5.48. The molecule has 2 fully saturated rings. The van der Waals surface area contributed by atoms with Crippen LogP contribution in [-0.4, -0.2) is 36.2 Å². The molecule has 6 atom stereocenters. The summed E-state index contributed by atoms with van der Waals surface area (Å²) in [5, 5.41) is 20.7. The topological polar surface area (TPSA) is 49.7 Å². The summed E-state index contributed by atoms with van der Waals surface area (Å²) in [6, 6.07) is 5.92. The lowest BCUT2D eigenvalue weighted by Gasteiger charge is -2.54. The Bertz CT molecular complexity index is 663. The highest BCUT2D eigenvalue weighted by Gasteiger charge is 2.57. The van der Waals surface area contributed by atoms with Crippen LogP contribution in [0.5, 0.6) is 5.75 Å². The van der Waals surface area contributed by atoms with Crippen molar-refractivity contribution in [2.24, 2.45) is 23.2 Å². The zero-order valence-electron chi connectivity index (χ0n) is 16.4. The van der Waals surface area contributed by atoms with Crippen molar-refractivity contribution in [1.82, 2.24) is 0 Å². The number of phenols is 1. The SMILES string of the molecule is CC12C[C@H](CCCOCCF)C3c4ccc(O)cc4CCC3C1CCC2O. The van der Waals surface area contributed by atoms with Crippen LogP contribution in [0.15, 0.2) is 18.2 Å². The van der Waals surface area contributed by atoms with E-state index in [1.165, 1.54) is 11.1 Å². The highest BCUT2D eigenvalue weighted by Crippen LogP contribution is 2.63. The van der Waals surface area contributed by atoms with Crippen molar-refractivity contribution in [2.75, 3.05) is 19.9 Å². The van der Waals surface area contributed by atoms with Crippen molar-refractivity contribution >= 4 is 0 Å². The molecule has 0 bridgehead atoms. The molecule has 3 aliphatic rings. The van der Waals surface area contributed by atoms with E-state index >= 15 is 0 Å². The lowest BCUT2D eigenvalue weighted by molar-refractivity contribution is -0.0512. The zero-order valence-corrected chi connectivity index (χ0v) is 16.4. The fraction of sp³-hybridized carbons (Fsp3) is 0.739. The molecule has 1 aromatic rings. The molecule has 0 aromatic heterocycles. The van der Waals surface area contributed by atoms with Crippen molar-refractivity contribution in [3.05, 3.63) is 29.3 Å². The van der Waals surface area contributed by atoms with E-state index in [4.69, 9.17) is 4.74 Å². The maximum absolute atomic E-state index is 12.3. The number of aryl methyl sites for hydroxylation is 1. The normalized spacial score (nSPS) is 37.5. The van der Waals surface area contributed by atoms with Gasteiger partial charge < -0.3 is 14.9 Å². The molecule has 0 saturated heterocycles. The number of halogens is 1. The van der Waals surface area contributed by atoms with Gasteiger partial charge in [0.25, 0.3) is 0 Å². The van der Waals surface area contributed by atoms with Crippen LogP contribution >= 0.6 is 0 Å². The van der Waals surface area contributed by atoms with Gasteiger partial charge in [0.2, 0.25) is 0 Å². The molecular weight excluding hydrogens is 343 g/mol. The minimum absolute atomic E-state index is 0.0278. The second kappa shape index (κ2) is 7.71. The van der Waals surface area contributed by atoms with Crippen LogP contribution in [0, 0.1) is 23.2 Å². The molecule has 2 N–H and O–H groups in total. The summed E-state index contributed by atoms with van der Waals surface area (Å²) in [6.07, 6.45) is 7.13. The highest BCUT2D eigenvalue weighted by atomic mass is 19.1. The molecule has 0 radical (unpaired) electrons. The number of rotatable bonds is 6. The standard InChI is InChI=1S/C23H33FO3/c1-23-14-16(3-2-11-27-12-10-24)22-18-7-5-17(25)13-15(18)4-6-19(22)20(23)8-9-21(23)26/h5,7,13,16,19-22,25-26H,2-4,6,8-12,14H2,1H3/t16-,19?,20?,21?,22?,23?/m0/s1. The Balaban J connectivity index is 1.60. The lowest BCUT2D eigenvalue weighted by atomic mass is 9.51. The van der Waals surface area contributed by atoms with Crippen LogP contribution in [0.2, 0.25) is 0 Å². The van der Waals surface area contributed by atoms with Gasteiger partial charge in [0.05, 0.1) is 12.7 Å². The Hall–Kier alpha value is -1.13. The summed E-state index contributed by atoms with van der Waals surface area (Å²) < 4.78 is 17.6. The first kappa shape index (κ1) is 19.2. The molecule has 27 heavy (non-hydrogen) atoms. The number of aliphatic hydroxyl groups is 1. The first-order valence-corrected chi connectivity index (χ1v) is 10.7. The number of fused-ring (bicyclic) bond motifs is 5. The van der Waals surface area contributed by atoms with Crippen LogP contribution in [-0.2, 0) is 11.2 Å². The molecular formula is C23H33FO3. The number of ether oxygens (including phenoxy) is 1. The van der Waals surface area contributed by atoms with Crippen molar-refractivity contribution in [2.45, 2.75) is 63.9 Å². The number of aromatic hydroxyl groups is 1. The van der Waals surface area contributed by atoms with Crippen molar-refractivity contribution in [3.8, 4) is 5.75 Å². The average molecular weight is 377 g/mol. The molecule has 3 aliphatic carbocycles. The van der Waals surface area contributed by atoms with E-state index in [0.29, 0.717) is 36.0 Å². The molecule has 0 amide bonds. The molecule has 5 unspecified atom stereocenters. The maximum atomic E-state index is 12.3. The van der Waals surface area contributed by atoms with Crippen LogP contribution in [0.1, 0.15) is 62.5 Å². The molecule has 1 aromatic carbocycles. The molecule has 2 saturated carbocycles. The third-order valence-corrected chi connectivity index (χ3v) is 7.87. The first-order chi connectivity index (χ1) is 13.0. The Morgan fingerprint density at radius 1 is 1.22 bits per heavy atom. The summed E-state index contributed by atoms with van der Waals surface area (Å²) >= 11 is 0. The summed E-state index contributed by atoms with van der Waals surface area (Å²) in [4.78, 5) is 0. The quantitative estimate of drug-likeness (QED) is 0.713. The second-order valence-electron chi connectivity index (χ2n) is 9.22. The van der Waals surface area contributed by atoms with E-state index in [-0.39, 0.29) is 18.1 Å². The van der Waals surface area contributed by atoms with Crippen molar-refractivity contribution in [3.63, 3.8) is 0 Å². The second-order valence-corrected chi connectivity index (χ2v) is 9.22. The van der Waals surface area contributed by atoms with Crippen LogP contribution in [0.25, 0.3) is 0 Å². The molecule has 0 spiro atoms. The average Bonchev–Trinajstić information content (AvgIpc) is 2.95. The van der Waals surface area contributed by atoms with E-state index in [1.807, 2.05) is 12.1 Å². The predicted molar refractivity (Wildman–Crippen MR) is 104 cm³/mol. The van der Waals surface area contributed by atoms with Gasteiger partial charge in [-0.05, 0) is 97.3 Å². The smallest absolute Gasteiger partial charge is 0.115 e. The van der Waals surface area contributed by atoms with Gasteiger partial charge in [0.1, 0.15) is 12.4 Å². The number of alkyl halides is 1. The highest BCUT2D eigenvalue weighted by molar-refractivity contribution is 5.40. The minimum atomic E-state index is -0.420. The van der Waals surface area contributed by atoms with Crippen molar-refractivity contribution in [1.29, 1.82) is 0 Å². The summed E-state index contributed by atoms with van der Waals surface area (Å²) in [7, 11) is 0. The fourth-order valence-corrected chi connectivity index (χ4v) is 6.73. The largest absolute Gasteiger partial charge is 0.508 e. The lowest BCUT2D eigenvalue weighted by Crippen LogP contribution is -2.48. The summed E-state index contributed by atoms with van der Waals surface area (Å²) in [5.41, 5.74) is 2.75. The van der Waals surface area contributed by atoms with Gasteiger partial charge in [-0.15, -0.1) is 0 Å². The maximum Gasteiger partial charge on any atom is 0.115 e.